The van der Waals surface area contributed by atoms with Gasteiger partial charge in [0.2, 0.25) is 0 Å². The number of nitrogens with zero attached hydrogens (tertiary/aromatic N) is 2. The van der Waals surface area contributed by atoms with Crippen molar-refractivity contribution in [2.75, 3.05) is 4.90 Å². The molecular formula is C28H23ClN2O3. The van der Waals surface area contributed by atoms with Crippen LogP contribution in [0.4, 0.5) is 5.69 Å². The van der Waals surface area contributed by atoms with Gasteiger partial charge in [0.1, 0.15) is 5.76 Å². The van der Waals surface area contributed by atoms with Crippen LogP contribution in [0.2, 0.25) is 5.02 Å². The summed E-state index contributed by atoms with van der Waals surface area (Å²) in [5.74, 6) is -1.59. The van der Waals surface area contributed by atoms with Crippen molar-refractivity contribution in [3.63, 3.8) is 0 Å². The molecule has 1 saturated heterocycles. The molecule has 1 amide bonds. The Morgan fingerprint density at radius 1 is 0.971 bits per heavy atom. The zero-order valence-electron chi connectivity index (χ0n) is 18.8. The van der Waals surface area contributed by atoms with E-state index < -0.39 is 17.7 Å². The number of para-hydroxylation sites is 1. The van der Waals surface area contributed by atoms with Crippen molar-refractivity contribution < 1.29 is 14.7 Å². The molecule has 0 aliphatic carbocycles. The van der Waals surface area contributed by atoms with Gasteiger partial charge in [-0.2, -0.15) is 0 Å². The van der Waals surface area contributed by atoms with E-state index in [1.165, 1.54) is 4.90 Å². The molecule has 0 radical (unpaired) electrons. The van der Waals surface area contributed by atoms with E-state index in [0.717, 1.165) is 28.5 Å². The van der Waals surface area contributed by atoms with Crippen LogP contribution in [-0.4, -0.2) is 21.4 Å². The van der Waals surface area contributed by atoms with Gasteiger partial charge >= 0.3 is 0 Å². The predicted molar refractivity (Wildman–Crippen MR) is 135 cm³/mol. The van der Waals surface area contributed by atoms with Gasteiger partial charge < -0.3 is 9.67 Å². The highest BCUT2D eigenvalue weighted by Gasteiger charge is 2.47. The van der Waals surface area contributed by atoms with Gasteiger partial charge in [0.25, 0.3) is 11.7 Å². The monoisotopic (exact) mass is 470 g/mol. The fourth-order valence-corrected chi connectivity index (χ4v) is 4.77. The van der Waals surface area contributed by atoms with Crippen molar-refractivity contribution in [3.8, 4) is 0 Å². The van der Waals surface area contributed by atoms with E-state index in [-0.39, 0.29) is 11.3 Å². The average Bonchev–Trinajstić information content (AvgIpc) is 3.33. The number of aliphatic hydroxyl groups is 1. The van der Waals surface area contributed by atoms with Crippen LogP contribution < -0.4 is 4.90 Å². The van der Waals surface area contributed by atoms with Crippen LogP contribution in [0.3, 0.4) is 0 Å². The minimum absolute atomic E-state index is 0.0700. The summed E-state index contributed by atoms with van der Waals surface area (Å²) in [5.41, 5.74) is 3.94. The number of fused-ring (bicyclic) bond motifs is 1. The first-order valence-electron chi connectivity index (χ1n) is 11.1. The zero-order chi connectivity index (χ0) is 24.0. The van der Waals surface area contributed by atoms with E-state index >= 15 is 0 Å². The highest BCUT2D eigenvalue weighted by molar-refractivity contribution is 6.52. The second-order valence-corrected chi connectivity index (χ2v) is 8.84. The number of anilines is 1. The first kappa shape index (κ1) is 22.0. The van der Waals surface area contributed by atoms with Gasteiger partial charge in [-0.15, -0.1) is 0 Å². The van der Waals surface area contributed by atoms with Crippen LogP contribution >= 0.6 is 11.6 Å². The molecule has 2 heterocycles. The molecule has 170 valence electrons. The van der Waals surface area contributed by atoms with Crippen LogP contribution in [0.5, 0.6) is 0 Å². The second-order valence-electron chi connectivity index (χ2n) is 8.41. The number of hydrogen-bond donors (Lipinski definition) is 1. The maximum Gasteiger partial charge on any atom is 0.300 e. The SMILES string of the molecule is CCc1ccc(/C(O)=C2\C(=O)C(=O)N(c3ccc(Cl)cc3)C2c2cn(C)c3ccccc23)cc1. The molecular weight excluding hydrogens is 448 g/mol. The zero-order valence-corrected chi connectivity index (χ0v) is 19.6. The molecule has 34 heavy (non-hydrogen) atoms. The Kier molecular flexibility index (Phi) is 5.50. The number of aromatic nitrogens is 1. The van der Waals surface area contributed by atoms with Gasteiger partial charge in [0.05, 0.1) is 11.6 Å². The van der Waals surface area contributed by atoms with Gasteiger partial charge in [-0.1, -0.05) is 61.0 Å². The smallest absolute Gasteiger partial charge is 0.300 e. The molecule has 1 fully saturated rings. The van der Waals surface area contributed by atoms with Crippen molar-refractivity contribution in [1.82, 2.24) is 4.57 Å². The minimum atomic E-state index is -0.793. The van der Waals surface area contributed by atoms with Crippen LogP contribution in [-0.2, 0) is 23.1 Å². The number of hydrogen-bond acceptors (Lipinski definition) is 3. The molecule has 1 aliphatic heterocycles. The highest BCUT2D eigenvalue weighted by atomic mass is 35.5. The van der Waals surface area contributed by atoms with Crippen molar-refractivity contribution in [2.24, 2.45) is 7.05 Å². The van der Waals surface area contributed by atoms with E-state index in [1.54, 1.807) is 36.4 Å². The van der Waals surface area contributed by atoms with Gasteiger partial charge in [-0.3, -0.25) is 14.5 Å². The summed E-state index contributed by atoms with van der Waals surface area (Å²) >= 11 is 6.08. The van der Waals surface area contributed by atoms with Gasteiger partial charge in [0, 0.05) is 46.0 Å². The molecule has 5 nitrogen and oxygen atoms in total. The van der Waals surface area contributed by atoms with Gasteiger partial charge in [0.15, 0.2) is 0 Å². The Bertz CT molecular complexity index is 1450. The van der Waals surface area contributed by atoms with Crippen LogP contribution in [0.15, 0.2) is 84.6 Å². The summed E-state index contributed by atoms with van der Waals surface area (Å²) in [6.45, 7) is 2.05. The van der Waals surface area contributed by atoms with E-state index in [9.17, 15) is 14.7 Å². The Morgan fingerprint density at radius 2 is 1.65 bits per heavy atom. The summed E-state index contributed by atoms with van der Waals surface area (Å²) in [4.78, 5) is 28.2. The molecule has 1 unspecified atom stereocenters. The number of ketones is 1. The van der Waals surface area contributed by atoms with Gasteiger partial charge in [-0.05, 0) is 42.3 Å². The van der Waals surface area contributed by atoms with E-state index in [1.807, 2.05) is 61.1 Å². The number of carbonyl (C=O) groups is 2. The van der Waals surface area contributed by atoms with E-state index in [2.05, 4.69) is 0 Å². The predicted octanol–water partition coefficient (Wildman–Crippen LogP) is 6.02. The number of benzene rings is 3. The summed E-state index contributed by atoms with van der Waals surface area (Å²) in [6, 6.07) is 21.2. The summed E-state index contributed by atoms with van der Waals surface area (Å²) in [6.07, 6.45) is 2.77. The summed E-state index contributed by atoms with van der Waals surface area (Å²) in [7, 11) is 1.92. The first-order chi connectivity index (χ1) is 16.4. The number of aryl methyl sites for hydroxylation is 2. The van der Waals surface area contributed by atoms with Crippen molar-refractivity contribution >= 4 is 45.6 Å². The Balaban J connectivity index is 1.77. The normalized spacial score (nSPS) is 17.6. The molecule has 0 bridgehead atoms. The van der Waals surface area contributed by atoms with Crippen LogP contribution in [0, 0.1) is 0 Å². The molecule has 3 aromatic carbocycles. The van der Waals surface area contributed by atoms with Crippen LogP contribution in [0.25, 0.3) is 16.7 Å². The highest BCUT2D eigenvalue weighted by Crippen LogP contribution is 2.44. The molecule has 4 aromatic rings. The molecule has 0 spiro atoms. The maximum absolute atomic E-state index is 13.4. The summed E-state index contributed by atoms with van der Waals surface area (Å²) < 4.78 is 1.96. The fraction of sp³-hybridized carbons (Fsp3) is 0.143. The molecule has 6 heteroatoms. The van der Waals surface area contributed by atoms with Gasteiger partial charge in [-0.25, -0.2) is 0 Å². The lowest BCUT2D eigenvalue weighted by molar-refractivity contribution is -0.132. The number of aliphatic hydroxyl groups excluding tert-OH is 1. The number of Topliss-reactive ketones (excluding diaryl/α,β-unsaturated/α-hetero) is 1. The molecule has 5 rings (SSSR count). The van der Waals surface area contributed by atoms with Crippen LogP contribution in [0.1, 0.15) is 29.7 Å². The number of amides is 1. The third-order valence-electron chi connectivity index (χ3n) is 6.41. The fourth-order valence-electron chi connectivity index (χ4n) is 4.64. The molecule has 1 aliphatic rings. The Labute approximate surface area is 202 Å². The van der Waals surface area contributed by atoms with E-state index in [0.29, 0.717) is 16.3 Å². The average molecular weight is 471 g/mol. The number of rotatable bonds is 4. The molecule has 1 N–H and O–H groups in total. The largest absolute Gasteiger partial charge is 0.507 e. The lowest BCUT2D eigenvalue weighted by Crippen LogP contribution is -2.29. The minimum Gasteiger partial charge on any atom is -0.507 e. The van der Waals surface area contributed by atoms with E-state index in [4.69, 9.17) is 11.6 Å². The second kappa shape index (κ2) is 8.50. The Hall–Kier alpha value is -3.83. The molecule has 1 aromatic heterocycles. The Morgan fingerprint density at radius 3 is 2.32 bits per heavy atom. The lowest BCUT2D eigenvalue weighted by Gasteiger charge is -2.25. The summed E-state index contributed by atoms with van der Waals surface area (Å²) in [5, 5.41) is 12.8. The lowest BCUT2D eigenvalue weighted by atomic mass is 9.94. The third kappa shape index (κ3) is 3.49. The standard InChI is InChI=1S/C28H23ClN2O3/c1-3-17-8-10-18(11-9-17)26(32)24-25(22-16-30(2)23-7-5-4-6-21(22)23)31(28(34)27(24)33)20-14-12-19(29)13-15-20/h4-16,25,32H,3H2,1-2H3/b26-24+. The number of carbonyl (C=O) groups excluding carboxylic acids is 2. The topological polar surface area (TPSA) is 62.5 Å². The number of halogens is 1. The molecule has 1 atom stereocenters. The molecule has 0 saturated carbocycles. The van der Waals surface area contributed by atoms with Crippen molar-refractivity contribution in [1.29, 1.82) is 0 Å². The quantitative estimate of drug-likeness (QED) is 0.225. The van der Waals surface area contributed by atoms with Crippen molar-refractivity contribution in [3.05, 3.63) is 106 Å². The first-order valence-corrected chi connectivity index (χ1v) is 11.5. The maximum atomic E-state index is 13.4. The van der Waals surface area contributed by atoms with Crippen molar-refractivity contribution in [2.45, 2.75) is 19.4 Å². The third-order valence-corrected chi connectivity index (χ3v) is 6.66.